The smallest absolute Gasteiger partial charge is 0.264 e. The highest BCUT2D eigenvalue weighted by Gasteiger charge is 2.35. The molecule has 43 heavy (non-hydrogen) atoms. The molecule has 5 heteroatoms. The van der Waals surface area contributed by atoms with Crippen LogP contribution in [-0.2, 0) is 4.79 Å². The molecule has 0 bridgehead atoms. The number of nitrogens with zero attached hydrogens (tertiary/aromatic N) is 2. The summed E-state index contributed by atoms with van der Waals surface area (Å²) in [5, 5.41) is 5.96. The lowest BCUT2D eigenvalue weighted by Gasteiger charge is -2.43. The molecule has 1 N–H and O–H groups in total. The first-order valence-electron chi connectivity index (χ1n) is 15.0. The fraction of sp³-hybridized carbons (Fsp3) is 0.158. The van der Waals surface area contributed by atoms with Crippen molar-refractivity contribution in [1.29, 1.82) is 0 Å². The summed E-state index contributed by atoms with van der Waals surface area (Å²) in [4.78, 5) is 21.4. The molecule has 0 spiro atoms. The quantitative estimate of drug-likeness (QED) is 0.218. The Balaban J connectivity index is 1.21. The van der Waals surface area contributed by atoms with Gasteiger partial charge in [-0.3, -0.25) is 4.79 Å². The summed E-state index contributed by atoms with van der Waals surface area (Å²) in [6, 6.07) is 40.7. The molecule has 0 aromatic heterocycles. The van der Waals surface area contributed by atoms with E-state index in [1.807, 2.05) is 24.3 Å². The highest BCUT2D eigenvalue weighted by atomic mass is 32.2. The normalized spacial score (nSPS) is 21.3. The molecule has 1 fully saturated rings. The standard InChI is InChI=1S/C38H31N3OS/c42-37-35(22-28-16-9-15-25-14-7-8-17-30(25)28)43-38(40-37)39-29-23-33-31(26-10-3-1-4-11-26)18-20-41-21-19-32(34(24-29)36(33)41)27-12-5-2-6-13-27/h1-17,22-24,31-32H,18-21H2,(H,39,40,42)/b35-22-/t31-,32+. The van der Waals surface area contributed by atoms with Gasteiger partial charge in [0.15, 0.2) is 5.17 Å². The molecule has 0 radical (unpaired) electrons. The third-order valence-electron chi connectivity index (χ3n) is 8.99. The predicted molar refractivity (Wildman–Crippen MR) is 179 cm³/mol. The van der Waals surface area contributed by atoms with E-state index in [0.29, 0.717) is 21.9 Å². The van der Waals surface area contributed by atoms with Gasteiger partial charge in [0.25, 0.3) is 5.91 Å². The summed E-state index contributed by atoms with van der Waals surface area (Å²) in [7, 11) is 0. The zero-order valence-electron chi connectivity index (χ0n) is 23.7. The molecular formula is C38H31N3OS. The third kappa shape index (κ3) is 4.84. The van der Waals surface area contributed by atoms with Crippen LogP contribution in [0.1, 0.15) is 52.5 Å². The van der Waals surface area contributed by atoms with Crippen molar-refractivity contribution >= 4 is 51.1 Å². The molecule has 8 rings (SSSR count). The Morgan fingerprint density at radius 3 is 2.02 bits per heavy atom. The SMILES string of the molecule is O=C1NC(=Nc2cc3c4c(c2)[C@H](c2ccccc2)CCN4CC[C@@H]3c2ccccc2)S/C1=C\c1cccc2ccccc12. The maximum Gasteiger partial charge on any atom is 0.264 e. The molecular weight excluding hydrogens is 547 g/mol. The number of carbonyl (C=O) groups excluding carboxylic acids is 1. The third-order valence-corrected chi connectivity index (χ3v) is 9.90. The number of hydrogen-bond donors (Lipinski definition) is 1. The number of amidine groups is 1. The van der Waals surface area contributed by atoms with E-state index < -0.39 is 0 Å². The summed E-state index contributed by atoms with van der Waals surface area (Å²) in [5.41, 5.74) is 8.69. The topological polar surface area (TPSA) is 44.7 Å². The zero-order valence-corrected chi connectivity index (χ0v) is 24.6. The van der Waals surface area contributed by atoms with Gasteiger partial charge in [-0.25, -0.2) is 4.99 Å². The average molecular weight is 578 g/mol. The minimum absolute atomic E-state index is 0.105. The van der Waals surface area contributed by atoms with Crippen molar-refractivity contribution in [2.24, 2.45) is 4.99 Å². The highest BCUT2D eigenvalue weighted by molar-refractivity contribution is 8.18. The van der Waals surface area contributed by atoms with E-state index in [-0.39, 0.29) is 5.91 Å². The van der Waals surface area contributed by atoms with Crippen molar-refractivity contribution in [2.45, 2.75) is 24.7 Å². The molecule has 0 aliphatic carbocycles. The van der Waals surface area contributed by atoms with Crippen LogP contribution in [-0.4, -0.2) is 24.2 Å². The van der Waals surface area contributed by atoms with Crippen LogP contribution in [0.15, 0.2) is 125 Å². The Labute approximate surface area is 256 Å². The van der Waals surface area contributed by atoms with E-state index in [0.717, 1.165) is 48.0 Å². The van der Waals surface area contributed by atoms with Crippen molar-refractivity contribution in [1.82, 2.24) is 5.32 Å². The Morgan fingerprint density at radius 2 is 1.35 bits per heavy atom. The lowest BCUT2D eigenvalue weighted by molar-refractivity contribution is -0.115. The van der Waals surface area contributed by atoms with E-state index >= 15 is 0 Å². The van der Waals surface area contributed by atoms with Crippen molar-refractivity contribution in [3.8, 4) is 0 Å². The van der Waals surface area contributed by atoms with Crippen molar-refractivity contribution in [3.63, 3.8) is 0 Å². The monoisotopic (exact) mass is 577 g/mol. The maximum atomic E-state index is 13.1. The number of carbonyl (C=O) groups is 1. The van der Waals surface area contributed by atoms with Gasteiger partial charge in [-0.1, -0.05) is 103 Å². The van der Waals surface area contributed by atoms with Gasteiger partial charge in [0, 0.05) is 30.6 Å². The van der Waals surface area contributed by atoms with E-state index in [4.69, 9.17) is 4.99 Å². The summed E-state index contributed by atoms with van der Waals surface area (Å²) in [6.45, 7) is 2.12. The molecule has 4 nitrogen and oxygen atoms in total. The van der Waals surface area contributed by atoms with Crippen LogP contribution in [0.3, 0.4) is 0 Å². The number of aliphatic imine (C=N–C) groups is 1. The van der Waals surface area contributed by atoms with E-state index in [1.165, 1.54) is 39.7 Å². The minimum atomic E-state index is -0.105. The van der Waals surface area contributed by atoms with Crippen molar-refractivity contribution in [3.05, 3.63) is 148 Å². The van der Waals surface area contributed by atoms with Crippen LogP contribution in [0.2, 0.25) is 0 Å². The maximum absolute atomic E-state index is 13.1. The van der Waals surface area contributed by atoms with Crippen LogP contribution in [0.5, 0.6) is 0 Å². The van der Waals surface area contributed by atoms with Gasteiger partial charge in [0.05, 0.1) is 10.6 Å². The predicted octanol–water partition coefficient (Wildman–Crippen LogP) is 8.61. The second-order valence-corrected chi connectivity index (χ2v) is 12.5. The first-order chi connectivity index (χ1) is 21.2. The van der Waals surface area contributed by atoms with Crippen LogP contribution < -0.4 is 10.2 Å². The molecule has 0 saturated carbocycles. The first-order valence-corrected chi connectivity index (χ1v) is 15.8. The number of hydrogen-bond acceptors (Lipinski definition) is 4. The molecule has 1 amide bonds. The fourth-order valence-corrected chi connectivity index (χ4v) is 7.85. The van der Waals surface area contributed by atoms with Gasteiger partial charge in [-0.2, -0.15) is 0 Å². The van der Waals surface area contributed by atoms with Crippen LogP contribution >= 0.6 is 11.8 Å². The number of amides is 1. The number of benzene rings is 5. The Morgan fingerprint density at radius 1 is 0.744 bits per heavy atom. The molecule has 210 valence electrons. The molecule has 3 heterocycles. The van der Waals surface area contributed by atoms with E-state index in [1.54, 1.807) is 0 Å². The Kier molecular flexibility index (Phi) is 6.60. The van der Waals surface area contributed by atoms with E-state index in [2.05, 4.69) is 107 Å². The number of thioether (sulfide) groups is 1. The molecule has 1 saturated heterocycles. The summed E-state index contributed by atoms with van der Waals surface area (Å²) < 4.78 is 0. The van der Waals surface area contributed by atoms with Crippen LogP contribution in [0.25, 0.3) is 16.8 Å². The summed E-state index contributed by atoms with van der Waals surface area (Å²) >= 11 is 1.42. The number of rotatable bonds is 4. The second-order valence-electron chi connectivity index (χ2n) is 11.5. The van der Waals surface area contributed by atoms with Crippen molar-refractivity contribution in [2.75, 3.05) is 18.0 Å². The molecule has 5 aromatic carbocycles. The van der Waals surface area contributed by atoms with Crippen molar-refractivity contribution < 1.29 is 4.79 Å². The highest BCUT2D eigenvalue weighted by Crippen LogP contribution is 2.50. The minimum Gasteiger partial charge on any atom is -0.371 e. The fourth-order valence-electron chi connectivity index (χ4n) is 7.02. The van der Waals surface area contributed by atoms with Gasteiger partial charge in [0.2, 0.25) is 0 Å². The Bertz CT molecular complexity index is 1840. The van der Waals surface area contributed by atoms with Crippen LogP contribution in [0, 0.1) is 0 Å². The van der Waals surface area contributed by atoms with Gasteiger partial charge in [-0.05, 0) is 81.4 Å². The summed E-state index contributed by atoms with van der Waals surface area (Å²) in [6.07, 6.45) is 4.14. The Hall–Kier alpha value is -4.61. The van der Waals surface area contributed by atoms with Gasteiger partial charge >= 0.3 is 0 Å². The number of fused-ring (bicyclic) bond motifs is 1. The molecule has 0 unspecified atom stereocenters. The largest absolute Gasteiger partial charge is 0.371 e. The average Bonchev–Trinajstić information content (AvgIpc) is 3.40. The second kappa shape index (κ2) is 10.9. The van der Waals surface area contributed by atoms with Crippen LogP contribution in [0.4, 0.5) is 11.4 Å². The molecule has 5 aromatic rings. The van der Waals surface area contributed by atoms with Gasteiger partial charge in [-0.15, -0.1) is 0 Å². The summed E-state index contributed by atoms with van der Waals surface area (Å²) in [5.74, 6) is 0.522. The number of nitrogens with one attached hydrogen (secondary N) is 1. The first kappa shape index (κ1) is 26.1. The van der Waals surface area contributed by atoms with Gasteiger partial charge in [0.1, 0.15) is 0 Å². The molecule has 3 aliphatic heterocycles. The number of anilines is 1. The molecule has 3 aliphatic rings. The van der Waals surface area contributed by atoms with E-state index in [9.17, 15) is 4.79 Å². The lowest BCUT2D eigenvalue weighted by atomic mass is 9.76. The zero-order chi connectivity index (χ0) is 28.8. The van der Waals surface area contributed by atoms with Gasteiger partial charge < -0.3 is 10.2 Å². The lowest BCUT2D eigenvalue weighted by Crippen LogP contribution is -2.37. The molecule has 2 atom stereocenters.